The second-order valence-electron chi connectivity index (χ2n) is 6.69. The Bertz CT molecular complexity index is 885. The van der Waals surface area contributed by atoms with Gasteiger partial charge in [-0.05, 0) is 44.0 Å². The van der Waals surface area contributed by atoms with Gasteiger partial charge < -0.3 is 20.1 Å². The quantitative estimate of drug-likeness (QED) is 0.677. The molecule has 2 amide bonds. The fraction of sp³-hybridized carbons (Fsp3) is 0.333. The average molecular weight is 437 g/mol. The summed E-state index contributed by atoms with van der Waals surface area (Å²) >= 11 is 12.1. The zero-order chi connectivity index (χ0) is 20.8. The van der Waals surface area contributed by atoms with Gasteiger partial charge >= 0.3 is 0 Å². The molecule has 8 heteroatoms. The van der Waals surface area contributed by atoms with Gasteiger partial charge in [0, 0.05) is 13.2 Å². The van der Waals surface area contributed by atoms with Gasteiger partial charge in [0.1, 0.15) is 10.8 Å². The van der Waals surface area contributed by atoms with E-state index >= 15 is 0 Å². The molecule has 2 aromatic rings. The Kier molecular flexibility index (Phi) is 7.36. The highest BCUT2D eigenvalue weighted by Gasteiger charge is 2.21. The van der Waals surface area contributed by atoms with E-state index in [0.29, 0.717) is 28.6 Å². The Hall–Kier alpha value is -2.28. The Labute approximate surface area is 179 Å². The van der Waals surface area contributed by atoms with Gasteiger partial charge in [-0.3, -0.25) is 9.59 Å². The van der Waals surface area contributed by atoms with Crippen molar-refractivity contribution in [3.8, 4) is 5.75 Å². The zero-order valence-electron chi connectivity index (χ0n) is 15.9. The summed E-state index contributed by atoms with van der Waals surface area (Å²) in [6.07, 6.45) is 1.12. The number of rotatable bonds is 7. The Morgan fingerprint density at radius 1 is 1.21 bits per heavy atom. The number of anilines is 1. The van der Waals surface area contributed by atoms with Crippen LogP contribution < -0.4 is 15.4 Å². The van der Waals surface area contributed by atoms with Crippen LogP contribution in [-0.2, 0) is 9.53 Å². The van der Waals surface area contributed by atoms with Crippen molar-refractivity contribution in [3.05, 3.63) is 58.1 Å². The van der Waals surface area contributed by atoms with Crippen LogP contribution in [0.1, 0.15) is 30.1 Å². The Morgan fingerprint density at radius 3 is 2.76 bits per heavy atom. The van der Waals surface area contributed by atoms with Gasteiger partial charge in [-0.1, -0.05) is 41.4 Å². The molecular formula is C21H22Cl2N2O4. The zero-order valence-corrected chi connectivity index (χ0v) is 17.4. The van der Waals surface area contributed by atoms with Crippen LogP contribution in [-0.4, -0.2) is 37.2 Å². The highest BCUT2D eigenvalue weighted by atomic mass is 35.5. The molecule has 1 saturated heterocycles. The van der Waals surface area contributed by atoms with Crippen LogP contribution in [0.5, 0.6) is 5.75 Å². The number of ether oxygens (including phenoxy) is 2. The van der Waals surface area contributed by atoms with Crippen molar-refractivity contribution in [2.75, 3.05) is 18.5 Å². The molecule has 0 spiro atoms. The van der Waals surface area contributed by atoms with Crippen molar-refractivity contribution in [2.24, 2.45) is 0 Å². The highest BCUT2D eigenvalue weighted by molar-refractivity contribution is 6.42. The number of hydrogen-bond acceptors (Lipinski definition) is 4. The number of carbonyl (C=O) groups is 2. The lowest BCUT2D eigenvalue weighted by Gasteiger charge is -2.17. The van der Waals surface area contributed by atoms with Gasteiger partial charge in [0.15, 0.2) is 6.10 Å². The maximum atomic E-state index is 12.6. The SMILES string of the molecule is CC(Oc1cccc(Cl)c1Cl)C(=O)Nc1ccccc1C(=O)NCC1CCCO1. The third-order valence-corrected chi connectivity index (χ3v) is 5.33. The second kappa shape index (κ2) is 9.96. The largest absolute Gasteiger partial charge is 0.479 e. The summed E-state index contributed by atoms with van der Waals surface area (Å²) < 4.78 is 11.1. The number of para-hydroxylation sites is 1. The fourth-order valence-electron chi connectivity index (χ4n) is 2.95. The van der Waals surface area contributed by atoms with E-state index in [-0.39, 0.29) is 17.0 Å². The maximum Gasteiger partial charge on any atom is 0.265 e. The average Bonchev–Trinajstić information content (AvgIpc) is 3.23. The second-order valence-corrected chi connectivity index (χ2v) is 7.48. The van der Waals surface area contributed by atoms with Crippen molar-refractivity contribution >= 4 is 40.7 Å². The number of benzene rings is 2. The van der Waals surface area contributed by atoms with Crippen LogP contribution >= 0.6 is 23.2 Å². The topological polar surface area (TPSA) is 76.7 Å². The summed E-state index contributed by atoms with van der Waals surface area (Å²) in [5.74, 6) is -0.382. The summed E-state index contributed by atoms with van der Waals surface area (Å²) in [7, 11) is 0. The van der Waals surface area contributed by atoms with Crippen LogP contribution in [0, 0.1) is 0 Å². The molecule has 3 rings (SSSR count). The molecule has 0 bridgehead atoms. The number of amides is 2. The fourth-order valence-corrected chi connectivity index (χ4v) is 3.29. The standard InChI is InChI=1S/C21H22Cl2N2O4/c1-13(29-18-10-4-8-16(22)19(18)23)20(26)25-17-9-3-2-7-15(17)21(27)24-12-14-6-5-11-28-14/h2-4,7-10,13-14H,5-6,11-12H2,1H3,(H,24,27)(H,25,26). The molecule has 0 aliphatic carbocycles. The van der Waals surface area contributed by atoms with Crippen molar-refractivity contribution in [1.82, 2.24) is 5.32 Å². The van der Waals surface area contributed by atoms with E-state index in [1.165, 1.54) is 0 Å². The third-order valence-electron chi connectivity index (χ3n) is 4.53. The van der Waals surface area contributed by atoms with Crippen LogP contribution in [0.4, 0.5) is 5.69 Å². The Balaban J connectivity index is 1.63. The van der Waals surface area contributed by atoms with Gasteiger partial charge in [0.2, 0.25) is 0 Å². The van der Waals surface area contributed by atoms with Gasteiger partial charge in [0.25, 0.3) is 11.8 Å². The molecule has 154 valence electrons. The van der Waals surface area contributed by atoms with Gasteiger partial charge in [0.05, 0.1) is 22.4 Å². The monoisotopic (exact) mass is 436 g/mol. The lowest BCUT2D eigenvalue weighted by atomic mass is 10.1. The molecule has 2 unspecified atom stereocenters. The molecule has 2 N–H and O–H groups in total. The molecule has 0 radical (unpaired) electrons. The highest BCUT2D eigenvalue weighted by Crippen LogP contribution is 2.32. The van der Waals surface area contributed by atoms with E-state index in [1.54, 1.807) is 49.4 Å². The van der Waals surface area contributed by atoms with E-state index in [9.17, 15) is 9.59 Å². The molecule has 0 aromatic heterocycles. The maximum absolute atomic E-state index is 12.6. The van der Waals surface area contributed by atoms with Gasteiger partial charge in [-0.2, -0.15) is 0 Å². The first-order valence-electron chi connectivity index (χ1n) is 9.36. The summed E-state index contributed by atoms with van der Waals surface area (Å²) in [5.41, 5.74) is 0.766. The minimum Gasteiger partial charge on any atom is -0.479 e. The van der Waals surface area contributed by atoms with E-state index in [0.717, 1.165) is 19.4 Å². The molecule has 1 fully saturated rings. The van der Waals surface area contributed by atoms with Crippen LogP contribution in [0.25, 0.3) is 0 Å². The summed E-state index contributed by atoms with van der Waals surface area (Å²) in [4.78, 5) is 25.2. The number of hydrogen-bond donors (Lipinski definition) is 2. The number of nitrogens with one attached hydrogen (secondary N) is 2. The van der Waals surface area contributed by atoms with Crippen molar-refractivity contribution in [1.29, 1.82) is 0 Å². The molecule has 1 heterocycles. The van der Waals surface area contributed by atoms with Gasteiger partial charge in [-0.15, -0.1) is 0 Å². The number of halogens is 2. The lowest BCUT2D eigenvalue weighted by molar-refractivity contribution is -0.122. The predicted octanol–water partition coefficient (Wildman–Crippen LogP) is 4.31. The minimum atomic E-state index is -0.853. The third kappa shape index (κ3) is 5.63. The normalized spacial score (nSPS) is 16.9. The first kappa shape index (κ1) is 21.4. The predicted molar refractivity (Wildman–Crippen MR) is 113 cm³/mol. The smallest absolute Gasteiger partial charge is 0.265 e. The Morgan fingerprint density at radius 2 is 2.00 bits per heavy atom. The minimum absolute atomic E-state index is 0.0385. The molecule has 29 heavy (non-hydrogen) atoms. The summed E-state index contributed by atoms with van der Waals surface area (Å²) in [6, 6.07) is 11.7. The van der Waals surface area contributed by atoms with Crippen molar-refractivity contribution in [3.63, 3.8) is 0 Å². The van der Waals surface area contributed by atoms with Crippen LogP contribution in [0.2, 0.25) is 10.0 Å². The van der Waals surface area contributed by atoms with Crippen LogP contribution in [0.3, 0.4) is 0 Å². The molecule has 2 aromatic carbocycles. The van der Waals surface area contributed by atoms with Crippen molar-refractivity contribution < 1.29 is 19.1 Å². The number of carbonyl (C=O) groups excluding carboxylic acids is 2. The first-order valence-corrected chi connectivity index (χ1v) is 10.1. The molecular weight excluding hydrogens is 415 g/mol. The lowest BCUT2D eigenvalue weighted by Crippen LogP contribution is -2.34. The van der Waals surface area contributed by atoms with E-state index in [2.05, 4.69) is 10.6 Å². The summed E-state index contributed by atoms with van der Waals surface area (Å²) in [6.45, 7) is 2.75. The van der Waals surface area contributed by atoms with E-state index in [4.69, 9.17) is 32.7 Å². The van der Waals surface area contributed by atoms with E-state index in [1.807, 2.05) is 0 Å². The van der Waals surface area contributed by atoms with Gasteiger partial charge in [-0.25, -0.2) is 0 Å². The molecule has 6 nitrogen and oxygen atoms in total. The molecule has 1 aliphatic heterocycles. The summed E-state index contributed by atoms with van der Waals surface area (Å²) in [5, 5.41) is 6.18. The first-order chi connectivity index (χ1) is 14.0. The molecule has 0 saturated carbocycles. The van der Waals surface area contributed by atoms with Crippen molar-refractivity contribution in [2.45, 2.75) is 32.0 Å². The molecule has 1 aliphatic rings. The molecule has 2 atom stereocenters. The van der Waals surface area contributed by atoms with E-state index < -0.39 is 12.0 Å². The van der Waals surface area contributed by atoms with Crippen LogP contribution in [0.15, 0.2) is 42.5 Å².